The molecule has 92 valence electrons. The molecule has 0 aliphatic heterocycles. The Morgan fingerprint density at radius 2 is 1.62 bits per heavy atom. The lowest BCUT2D eigenvalue weighted by Crippen LogP contribution is -2.01. The summed E-state index contributed by atoms with van der Waals surface area (Å²) in [5.41, 5.74) is 0. The zero-order valence-electron chi connectivity index (χ0n) is 9.77. The maximum Gasteiger partial charge on any atom is 0.452 e. The third-order valence-corrected chi connectivity index (χ3v) is 1.86. The van der Waals surface area contributed by atoms with Crippen molar-refractivity contribution >= 4 is 12.2 Å². The Kier molecular flexibility index (Phi) is 9.15. The molecule has 0 radical (unpaired) electrons. The number of carbonyl (C=O) groups is 2. The van der Waals surface area contributed by atoms with Gasteiger partial charge in [-0.3, -0.25) is 0 Å². The molecule has 0 rings (SSSR count). The summed E-state index contributed by atoms with van der Waals surface area (Å²) >= 11 is 0. The van der Waals surface area contributed by atoms with E-state index in [0.29, 0.717) is 6.61 Å². The topological polar surface area (TPSA) is 77.3 Å². The minimum absolute atomic E-state index is 0.308. The summed E-state index contributed by atoms with van der Waals surface area (Å²) in [6.45, 7) is 2.44. The van der Waals surface area contributed by atoms with E-state index in [1.54, 1.807) is 0 Å². The summed E-state index contributed by atoms with van der Waals surface area (Å²) in [5, 5.41) is 5.98. The molecule has 0 spiro atoms. The van der Waals surface area contributed by atoms with Gasteiger partial charge in [0.1, 0.15) is 0 Å². The molecule has 2 amide bonds. The van der Waals surface area contributed by atoms with Crippen LogP contribution in [0, 0.1) is 0 Å². The van der Waals surface area contributed by atoms with E-state index in [1.165, 1.54) is 12.8 Å². The second-order valence-electron chi connectivity index (χ2n) is 3.20. The fourth-order valence-corrected chi connectivity index (χ4v) is 1.02. The quantitative estimate of drug-likeness (QED) is 0.518. The number of nitrogens with zero attached hydrogens (tertiary/aromatic N) is 2. The third-order valence-electron chi connectivity index (χ3n) is 1.86. The maximum absolute atomic E-state index is 10.9. The number of hydrogen-bond donors (Lipinski definition) is 0. The second kappa shape index (κ2) is 10.1. The summed E-state index contributed by atoms with van der Waals surface area (Å²) in [6.07, 6.45) is 3.55. The molecule has 0 saturated carbocycles. The van der Waals surface area contributed by atoms with Crippen LogP contribution in [0.1, 0.15) is 39.0 Å². The van der Waals surface area contributed by atoms with E-state index in [-0.39, 0.29) is 0 Å². The molecule has 6 nitrogen and oxygen atoms in total. The van der Waals surface area contributed by atoms with Crippen molar-refractivity contribution < 1.29 is 19.1 Å². The first kappa shape index (κ1) is 14.5. The molecule has 0 aromatic heterocycles. The zero-order chi connectivity index (χ0) is 12.2. The lowest BCUT2D eigenvalue weighted by Gasteiger charge is -2.00. The summed E-state index contributed by atoms with van der Waals surface area (Å²) in [6, 6.07) is 0. The number of unbranched alkanes of at least 4 members (excludes halogenated alkanes) is 4. The van der Waals surface area contributed by atoms with Gasteiger partial charge >= 0.3 is 12.2 Å². The molecule has 0 heterocycles. The van der Waals surface area contributed by atoms with E-state index in [1.807, 2.05) is 0 Å². The smallest absolute Gasteiger partial charge is 0.450 e. The van der Waals surface area contributed by atoms with Gasteiger partial charge in [0.2, 0.25) is 0 Å². The van der Waals surface area contributed by atoms with Crippen molar-refractivity contribution in [1.29, 1.82) is 0 Å². The average Bonchev–Trinajstić information content (AvgIpc) is 2.30. The molecule has 0 aromatic carbocycles. The van der Waals surface area contributed by atoms with Crippen LogP contribution in [0.4, 0.5) is 9.59 Å². The Balaban J connectivity index is 3.44. The first-order chi connectivity index (χ1) is 7.70. The van der Waals surface area contributed by atoms with Gasteiger partial charge in [0.25, 0.3) is 0 Å². The fourth-order valence-electron chi connectivity index (χ4n) is 1.02. The first-order valence-electron chi connectivity index (χ1n) is 5.37. The van der Waals surface area contributed by atoms with E-state index < -0.39 is 12.2 Å². The minimum Gasteiger partial charge on any atom is -0.450 e. The summed E-state index contributed by atoms with van der Waals surface area (Å²) in [5.74, 6) is 0. The van der Waals surface area contributed by atoms with Crippen molar-refractivity contribution in [3.63, 3.8) is 0 Å². The second-order valence-corrected chi connectivity index (χ2v) is 3.20. The molecular weight excluding hydrogens is 212 g/mol. The van der Waals surface area contributed by atoms with E-state index in [9.17, 15) is 9.59 Å². The van der Waals surface area contributed by atoms with Crippen molar-refractivity contribution in [2.75, 3.05) is 13.7 Å². The van der Waals surface area contributed by atoms with Crippen LogP contribution < -0.4 is 0 Å². The number of azo groups is 1. The number of hydrogen-bond acceptors (Lipinski definition) is 4. The van der Waals surface area contributed by atoms with Crippen LogP contribution in [0.3, 0.4) is 0 Å². The molecule has 0 unspecified atom stereocenters. The monoisotopic (exact) mass is 230 g/mol. The number of amides is 2. The van der Waals surface area contributed by atoms with E-state index in [0.717, 1.165) is 26.4 Å². The predicted octanol–water partition coefficient (Wildman–Crippen LogP) is 3.31. The summed E-state index contributed by atoms with van der Waals surface area (Å²) in [4.78, 5) is 21.3. The molecule has 0 bridgehead atoms. The van der Waals surface area contributed by atoms with Crippen molar-refractivity contribution in [1.82, 2.24) is 0 Å². The highest BCUT2D eigenvalue weighted by Crippen LogP contribution is 2.02. The SMILES string of the molecule is CCCCCCCOC(=O)/N=N/C(=O)OC. The van der Waals surface area contributed by atoms with Gasteiger partial charge in [0.15, 0.2) is 0 Å². The van der Waals surface area contributed by atoms with Crippen LogP contribution in [0.2, 0.25) is 0 Å². The van der Waals surface area contributed by atoms with Crippen molar-refractivity contribution in [3.05, 3.63) is 0 Å². The largest absolute Gasteiger partial charge is 0.452 e. The number of carbonyl (C=O) groups excluding carboxylic acids is 2. The lowest BCUT2D eigenvalue weighted by molar-refractivity contribution is 0.150. The van der Waals surface area contributed by atoms with Gasteiger partial charge in [-0.15, -0.1) is 0 Å². The number of rotatable bonds is 6. The van der Waals surface area contributed by atoms with Gasteiger partial charge in [-0.2, -0.15) is 0 Å². The van der Waals surface area contributed by atoms with Crippen LogP contribution in [0.15, 0.2) is 10.2 Å². The molecule has 16 heavy (non-hydrogen) atoms. The van der Waals surface area contributed by atoms with Crippen LogP contribution in [-0.4, -0.2) is 25.9 Å². The fraction of sp³-hybridized carbons (Fsp3) is 0.800. The van der Waals surface area contributed by atoms with Crippen LogP contribution in [0.25, 0.3) is 0 Å². The van der Waals surface area contributed by atoms with E-state index >= 15 is 0 Å². The Bertz CT molecular complexity index is 241. The Morgan fingerprint density at radius 3 is 2.25 bits per heavy atom. The van der Waals surface area contributed by atoms with Gasteiger partial charge in [0, 0.05) is 0 Å². The molecular formula is C10H18N2O4. The van der Waals surface area contributed by atoms with Crippen molar-refractivity contribution in [3.8, 4) is 0 Å². The maximum atomic E-state index is 10.9. The molecule has 0 atom stereocenters. The highest BCUT2D eigenvalue weighted by atomic mass is 16.6. The highest BCUT2D eigenvalue weighted by molar-refractivity contribution is 5.72. The number of ether oxygens (including phenoxy) is 2. The van der Waals surface area contributed by atoms with E-state index in [4.69, 9.17) is 4.74 Å². The Hall–Kier alpha value is -1.46. The van der Waals surface area contributed by atoms with Crippen LogP contribution in [-0.2, 0) is 9.47 Å². The van der Waals surface area contributed by atoms with Gasteiger partial charge in [-0.05, 0) is 6.42 Å². The zero-order valence-corrected chi connectivity index (χ0v) is 9.77. The Morgan fingerprint density at radius 1 is 1.00 bits per heavy atom. The molecule has 0 aromatic rings. The Labute approximate surface area is 95.0 Å². The molecule has 0 aliphatic rings. The van der Waals surface area contributed by atoms with Gasteiger partial charge < -0.3 is 9.47 Å². The standard InChI is InChI=1S/C10H18N2O4/c1-3-4-5-6-7-8-16-10(14)12-11-9(13)15-2/h3-8H2,1-2H3/b12-11+. The minimum atomic E-state index is -0.917. The van der Waals surface area contributed by atoms with E-state index in [2.05, 4.69) is 21.9 Å². The van der Waals surface area contributed by atoms with Crippen molar-refractivity contribution in [2.45, 2.75) is 39.0 Å². The summed E-state index contributed by atoms with van der Waals surface area (Å²) < 4.78 is 8.87. The normalized spacial score (nSPS) is 10.4. The van der Waals surface area contributed by atoms with Crippen LogP contribution >= 0.6 is 0 Å². The van der Waals surface area contributed by atoms with Gasteiger partial charge in [0.05, 0.1) is 13.7 Å². The molecule has 0 saturated heterocycles. The van der Waals surface area contributed by atoms with Crippen molar-refractivity contribution in [2.24, 2.45) is 10.2 Å². The molecule has 0 N–H and O–H groups in total. The first-order valence-corrected chi connectivity index (χ1v) is 5.37. The van der Waals surface area contributed by atoms with Crippen LogP contribution in [0.5, 0.6) is 0 Å². The highest BCUT2D eigenvalue weighted by Gasteiger charge is 2.01. The third kappa shape index (κ3) is 9.11. The van der Waals surface area contributed by atoms with Gasteiger partial charge in [-0.25, -0.2) is 9.59 Å². The average molecular weight is 230 g/mol. The van der Waals surface area contributed by atoms with Gasteiger partial charge in [-0.1, -0.05) is 42.8 Å². The summed E-state index contributed by atoms with van der Waals surface area (Å²) in [7, 11) is 1.15. The predicted molar refractivity (Wildman–Crippen MR) is 57.4 cm³/mol. The molecule has 0 aliphatic carbocycles. The molecule has 6 heteroatoms. The number of methoxy groups -OCH3 is 1. The molecule has 0 fully saturated rings. The lowest BCUT2D eigenvalue weighted by atomic mass is 10.2.